The lowest BCUT2D eigenvalue weighted by molar-refractivity contribution is 0.0721. The molecule has 0 aliphatic carbocycles. The molecule has 2 aromatic rings. The SMILES string of the molecule is CO[C@H](c1ccc(-c2cnc(N)s2)cc1)[C@H](N)CF. The molecule has 1 aromatic carbocycles. The maximum atomic E-state index is 12.6. The van der Waals surface area contributed by atoms with E-state index in [4.69, 9.17) is 16.2 Å². The number of thiazole rings is 1. The molecule has 102 valence electrons. The molecule has 6 heteroatoms. The van der Waals surface area contributed by atoms with E-state index in [1.165, 1.54) is 18.4 Å². The Labute approximate surface area is 115 Å². The van der Waals surface area contributed by atoms with E-state index < -0.39 is 18.8 Å². The van der Waals surface area contributed by atoms with E-state index in [-0.39, 0.29) is 0 Å². The molecule has 0 saturated carbocycles. The molecule has 2 atom stereocenters. The van der Waals surface area contributed by atoms with Gasteiger partial charge in [0.1, 0.15) is 6.67 Å². The summed E-state index contributed by atoms with van der Waals surface area (Å²) in [6.07, 6.45) is 1.29. The molecule has 19 heavy (non-hydrogen) atoms. The number of nitrogen functional groups attached to an aromatic ring is 1. The molecule has 1 heterocycles. The highest BCUT2D eigenvalue weighted by molar-refractivity contribution is 7.18. The number of nitrogens with two attached hydrogens (primary N) is 2. The molecule has 0 unspecified atom stereocenters. The van der Waals surface area contributed by atoms with Gasteiger partial charge in [-0.25, -0.2) is 9.37 Å². The minimum Gasteiger partial charge on any atom is -0.375 e. The number of hydrogen-bond donors (Lipinski definition) is 2. The van der Waals surface area contributed by atoms with Gasteiger partial charge in [0.2, 0.25) is 0 Å². The first-order valence-electron chi connectivity index (χ1n) is 5.81. The van der Waals surface area contributed by atoms with E-state index in [0.29, 0.717) is 5.13 Å². The molecule has 0 bridgehead atoms. The number of rotatable bonds is 5. The van der Waals surface area contributed by atoms with Crippen molar-refractivity contribution in [2.75, 3.05) is 19.5 Å². The highest BCUT2D eigenvalue weighted by Crippen LogP contribution is 2.29. The fourth-order valence-corrected chi connectivity index (χ4v) is 2.59. The van der Waals surface area contributed by atoms with Gasteiger partial charge in [0, 0.05) is 13.3 Å². The number of benzene rings is 1. The van der Waals surface area contributed by atoms with Crippen LogP contribution in [0.2, 0.25) is 0 Å². The number of nitrogens with zero attached hydrogens (tertiary/aromatic N) is 1. The third-order valence-corrected chi connectivity index (χ3v) is 3.74. The Bertz CT molecular complexity index is 529. The molecule has 4 nitrogen and oxygen atoms in total. The van der Waals surface area contributed by atoms with Gasteiger partial charge in [-0.05, 0) is 11.1 Å². The highest BCUT2D eigenvalue weighted by atomic mass is 32.1. The van der Waals surface area contributed by atoms with Crippen LogP contribution in [0.1, 0.15) is 11.7 Å². The van der Waals surface area contributed by atoms with E-state index in [9.17, 15) is 4.39 Å². The van der Waals surface area contributed by atoms with Gasteiger partial charge in [0.05, 0.1) is 17.0 Å². The second-order valence-corrected chi connectivity index (χ2v) is 5.22. The quantitative estimate of drug-likeness (QED) is 0.882. The molecular weight excluding hydrogens is 265 g/mol. The number of alkyl halides is 1. The van der Waals surface area contributed by atoms with Crippen molar-refractivity contribution in [3.05, 3.63) is 36.0 Å². The van der Waals surface area contributed by atoms with Gasteiger partial charge in [-0.2, -0.15) is 0 Å². The first-order valence-corrected chi connectivity index (χ1v) is 6.63. The van der Waals surface area contributed by atoms with Crippen LogP contribution in [0.4, 0.5) is 9.52 Å². The van der Waals surface area contributed by atoms with E-state index >= 15 is 0 Å². The van der Waals surface area contributed by atoms with Crippen molar-refractivity contribution in [3.63, 3.8) is 0 Å². The summed E-state index contributed by atoms with van der Waals surface area (Å²) in [5.41, 5.74) is 13.2. The Kier molecular flexibility index (Phi) is 4.47. The fraction of sp³-hybridized carbons (Fsp3) is 0.308. The molecule has 1 aromatic heterocycles. The van der Waals surface area contributed by atoms with Crippen molar-refractivity contribution in [1.29, 1.82) is 0 Å². The lowest BCUT2D eigenvalue weighted by atomic mass is 10.0. The van der Waals surface area contributed by atoms with Crippen LogP contribution in [0.15, 0.2) is 30.5 Å². The Morgan fingerprint density at radius 3 is 2.53 bits per heavy atom. The topological polar surface area (TPSA) is 74.2 Å². The van der Waals surface area contributed by atoms with Gasteiger partial charge < -0.3 is 16.2 Å². The standard InChI is InChI=1S/C13H16FN3OS/c1-18-12(10(15)6-14)9-4-2-8(3-5-9)11-7-17-13(16)19-11/h2-5,7,10,12H,6,15H2,1H3,(H2,16,17)/t10-,12-/m1/s1. The van der Waals surface area contributed by atoms with Gasteiger partial charge >= 0.3 is 0 Å². The molecule has 0 aliphatic heterocycles. The first-order chi connectivity index (χ1) is 9.15. The minimum absolute atomic E-state index is 0.439. The monoisotopic (exact) mass is 281 g/mol. The van der Waals surface area contributed by atoms with Crippen molar-refractivity contribution in [2.45, 2.75) is 12.1 Å². The second-order valence-electron chi connectivity index (χ2n) is 4.16. The summed E-state index contributed by atoms with van der Waals surface area (Å²) in [5, 5.41) is 0.535. The number of halogens is 1. The van der Waals surface area contributed by atoms with E-state index in [2.05, 4.69) is 4.98 Å². The third-order valence-electron chi connectivity index (χ3n) is 2.87. The number of ether oxygens (including phenoxy) is 1. The number of methoxy groups -OCH3 is 1. The van der Waals surface area contributed by atoms with Crippen LogP contribution in [0.3, 0.4) is 0 Å². The van der Waals surface area contributed by atoms with Crippen LogP contribution in [0.25, 0.3) is 10.4 Å². The van der Waals surface area contributed by atoms with E-state index in [0.717, 1.165) is 16.0 Å². The van der Waals surface area contributed by atoms with Crippen LogP contribution >= 0.6 is 11.3 Å². The Morgan fingerprint density at radius 1 is 1.37 bits per heavy atom. The molecule has 0 amide bonds. The van der Waals surface area contributed by atoms with Crippen molar-refractivity contribution >= 4 is 16.5 Å². The largest absolute Gasteiger partial charge is 0.375 e. The first kappa shape index (κ1) is 13.9. The van der Waals surface area contributed by atoms with Crippen molar-refractivity contribution in [2.24, 2.45) is 5.73 Å². The molecule has 0 fully saturated rings. The van der Waals surface area contributed by atoms with Crippen molar-refractivity contribution in [3.8, 4) is 10.4 Å². The summed E-state index contributed by atoms with van der Waals surface area (Å²) in [6.45, 7) is -0.619. The average molecular weight is 281 g/mol. The summed E-state index contributed by atoms with van der Waals surface area (Å²) >= 11 is 1.42. The maximum Gasteiger partial charge on any atom is 0.180 e. The molecule has 0 saturated heterocycles. The van der Waals surface area contributed by atoms with Crippen LogP contribution in [-0.4, -0.2) is 24.8 Å². The zero-order chi connectivity index (χ0) is 13.8. The average Bonchev–Trinajstić information content (AvgIpc) is 2.87. The normalized spacial score (nSPS) is 14.3. The smallest absolute Gasteiger partial charge is 0.180 e. The second kappa shape index (κ2) is 6.10. The summed E-state index contributed by atoms with van der Waals surface area (Å²) < 4.78 is 17.9. The van der Waals surface area contributed by atoms with Gasteiger partial charge in [-0.1, -0.05) is 35.6 Å². The summed E-state index contributed by atoms with van der Waals surface area (Å²) in [6, 6.07) is 6.97. The predicted octanol–water partition coefficient (Wildman–Crippen LogP) is 2.38. The maximum absolute atomic E-state index is 12.6. The van der Waals surface area contributed by atoms with E-state index in [1.807, 2.05) is 24.3 Å². The molecule has 0 aliphatic rings. The van der Waals surface area contributed by atoms with Gasteiger partial charge in [-0.15, -0.1) is 0 Å². The Balaban J connectivity index is 2.22. The summed E-state index contributed by atoms with van der Waals surface area (Å²) in [7, 11) is 1.53. The molecule has 2 rings (SSSR count). The van der Waals surface area contributed by atoms with Crippen molar-refractivity contribution in [1.82, 2.24) is 4.98 Å². The molecule has 4 N–H and O–H groups in total. The molecule has 0 radical (unpaired) electrons. The van der Waals surface area contributed by atoms with Crippen molar-refractivity contribution < 1.29 is 9.13 Å². The summed E-state index contributed by atoms with van der Waals surface area (Å²) in [4.78, 5) is 5.00. The van der Waals surface area contributed by atoms with Crippen LogP contribution in [0, 0.1) is 0 Å². The predicted molar refractivity (Wildman–Crippen MR) is 75.7 cm³/mol. The zero-order valence-electron chi connectivity index (χ0n) is 10.5. The highest BCUT2D eigenvalue weighted by Gasteiger charge is 2.19. The van der Waals surface area contributed by atoms with Crippen LogP contribution < -0.4 is 11.5 Å². The number of aromatic nitrogens is 1. The lowest BCUT2D eigenvalue weighted by Gasteiger charge is -2.20. The Hall–Kier alpha value is -1.50. The van der Waals surface area contributed by atoms with E-state index in [1.54, 1.807) is 6.20 Å². The summed E-state index contributed by atoms with van der Waals surface area (Å²) in [5.74, 6) is 0. The Morgan fingerprint density at radius 2 is 2.05 bits per heavy atom. The van der Waals surface area contributed by atoms with Gasteiger partial charge in [0.25, 0.3) is 0 Å². The fourth-order valence-electron chi connectivity index (χ4n) is 1.90. The lowest BCUT2D eigenvalue weighted by Crippen LogP contribution is -2.31. The van der Waals surface area contributed by atoms with Crippen LogP contribution in [-0.2, 0) is 4.74 Å². The van der Waals surface area contributed by atoms with Crippen LogP contribution in [0.5, 0.6) is 0 Å². The molecular formula is C13H16FN3OS. The zero-order valence-corrected chi connectivity index (χ0v) is 11.4. The number of hydrogen-bond acceptors (Lipinski definition) is 5. The van der Waals surface area contributed by atoms with Gasteiger partial charge in [0.15, 0.2) is 5.13 Å². The third kappa shape index (κ3) is 3.09. The number of anilines is 1. The minimum atomic E-state index is -0.658. The molecule has 0 spiro atoms. The van der Waals surface area contributed by atoms with Gasteiger partial charge in [-0.3, -0.25) is 0 Å².